The Hall–Kier alpha value is -2.16. The maximum absolute atomic E-state index is 9.18. The lowest BCUT2D eigenvalue weighted by atomic mass is 10.3. The minimum absolute atomic E-state index is 0.415. The number of halogens is 1. The van der Waals surface area contributed by atoms with Crippen LogP contribution in [0.1, 0.15) is 12.6 Å². The maximum atomic E-state index is 9.18. The molecule has 0 saturated heterocycles. The SMILES string of the molecule is CCOCCn1c(C#N)cc(N)c1Oc1ccc(Cl)cc1. The lowest BCUT2D eigenvalue weighted by Crippen LogP contribution is -2.09. The molecule has 0 radical (unpaired) electrons. The van der Waals surface area contributed by atoms with Crippen molar-refractivity contribution >= 4 is 17.3 Å². The first kappa shape index (κ1) is 15.2. The highest BCUT2D eigenvalue weighted by Crippen LogP contribution is 2.31. The van der Waals surface area contributed by atoms with Gasteiger partial charge in [0.15, 0.2) is 0 Å². The van der Waals surface area contributed by atoms with Crippen LogP contribution in [-0.4, -0.2) is 17.8 Å². The van der Waals surface area contributed by atoms with Gasteiger partial charge in [-0.25, -0.2) is 0 Å². The first-order valence-electron chi connectivity index (χ1n) is 6.56. The van der Waals surface area contributed by atoms with Gasteiger partial charge in [-0.1, -0.05) is 11.6 Å². The monoisotopic (exact) mass is 305 g/mol. The molecule has 21 heavy (non-hydrogen) atoms. The Morgan fingerprint density at radius 2 is 2.05 bits per heavy atom. The molecule has 110 valence electrons. The molecule has 0 fully saturated rings. The molecule has 2 N–H and O–H groups in total. The molecule has 0 unspecified atom stereocenters. The van der Waals surface area contributed by atoms with Crippen LogP contribution in [0.3, 0.4) is 0 Å². The average molecular weight is 306 g/mol. The summed E-state index contributed by atoms with van der Waals surface area (Å²) in [6.45, 7) is 3.51. The summed E-state index contributed by atoms with van der Waals surface area (Å²) in [6, 6.07) is 10.6. The van der Waals surface area contributed by atoms with E-state index in [4.69, 9.17) is 26.8 Å². The van der Waals surface area contributed by atoms with Gasteiger partial charge >= 0.3 is 0 Å². The van der Waals surface area contributed by atoms with Crippen molar-refractivity contribution in [3.63, 3.8) is 0 Å². The minimum Gasteiger partial charge on any atom is -0.439 e. The Labute approximate surface area is 128 Å². The molecule has 0 aliphatic heterocycles. The van der Waals surface area contributed by atoms with Gasteiger partial charge < -0.3 is 15.2 Å². The van der Waals surface area contributed by atoms with E-state index in [0.29, 0.717) is 47.8 Å². The number of nitrogen functional groups attached to an aromatic ring is 1. The number of hydrogen-bond acceptors (Lipinski definition) is 4. The predicted molar refractivity (Wildman–Crippen MR) is 81.6 cm³/mol. The molecule has 0 aliphatic rings. The molecule has 0 saturated carbocycles. The van der Waals surface area contributed by atoms with Crippen LogP contribution in [0.15, 0.2) is 30.3 Å². The average Bonchev–Trinajstić information content (AvgIpc) is 2.78. The Balaban J connectivity index is 2.26. The summed E-state index contributed by atoms with van der Waals surface area (Å²) in [5.41, 5.74) is 6.79. The number of benzene rings is 1. The van der Waals surface area contributed by atoms with E-state index in [9.17, 15) is 5.26 Å². The van der Waals surface area contributed by atoms with Gasteiger partial charge in [-0.2, -0.15) is 5.26 Å². The predicted octanol–water partition coefficient (Wildman–Crippen LogP) is 3.42. The maximum Gasteiger partial charge on any atom is 0.224 e. The smallest absolute Gasteiger partial charge is 0.224 e. The molecule has 0 aliphatic carbocycles. The number of hydrogen-bond donors (Lipinski definition) is 1. The third-order valence-corrected chi connectivity index (χ3v) is 3.13. The summed E-state index contributed by atoms with van der Waals surface area (Å²) in [5.74, 6) is 1.04. The van der Waals surface area contributed by atoms with Crippen LogP contribution in [0.25, 0.3) is 0 Å². The second kappa shape index (κ2) is 7.02. The number of anilines is 1. The zero-order chi connectivity index (χ0) is 15.2. The van der Waals surface area contributed by atoms with E-state index in [0.717, 1.165) is 0 Å². The molecule has 5 nitrogen and oxygen atoms in total. The molecular weight excluding hydrogens is 290 g/mol. The van der Waals surface area contributed by atoms with Crippen LogP contribution >= 0.6 is 11.6 Å². The third-order valence-electron chi connectivity index (χ3n) is 2.88. The third kappa shape index (κ3) is 3.69. The van der Waals surface area contributed by atoms with Crippen molar-refractivity contribution in [1.82, 2.24) is 4.57 Å². The van der Waals surface area contributed by atoms with Crippen LogP contribution in [0.4, 0.5) is 5.69 Å². The first-order valence-corrected chi connectivity index (χ1v) is 6.93. The Bertz CT molecular complexity index is 644. The number of ether oxygens (including phenoxy) is 2. The van der Waals surface area contributed by atoms with Gasteiger partial charge in [-0.05, 0) is 31.2 Å². The summed E-state index contributed by atoms with van der Waals surface area (Å²) in [6.07, 6.45) is 0. The normalized spacial score (nSPS) is 10.3. The summed E-state index contributed by atoms with van der Waals surface area (Å²) >= 11 is 5.84. The summed E-state index contributed by atoms with van der Waals surface area (Å²) < 4.78 is 12.8. The summed E-state index contributed by atoms with van der Waals surface area (Å²) in [5, 5.41) is 9.80. The van der Waals surface area contributed by atoms with Crippen molar-refractivity contribution in [3.8, 4) is 17.7 Å². The van der Waals surface area contributed by atoms with Crippen molar-refractivity contribution in [2.75, 3.05) is 18.9 Å². The molecule has 6 heteroatoms. The molecule has 1 heterocycles. The van der Waals surface area contributed by atoms with E-state index < -0.39 is 0 Å². The Kier molecular flexibility index (Phi) is 5.09. The summed E-state index contributed by atoms with van der Waals surface area (Å²) in [4.78, 5) is 0. The fraction of sp³-hybridized carbons (Fsp3) is 0.267. The number of nitrogens with two attached hydrogens (primary N) is 1. The van der Waals surface area contributed by atoms with Crippen LogP contribution < -0.4 is 10.5 Å². The highest BCUT2D eigenvalue weighted by molar-refractivity contribution is 6.30. The van der Waals surface area contributed by atoms with Crippen molar-refractivity contribution in [1.29, 1.82) is 5.26 Å². The van der Waals surface area contributed by atoms with E-state index >= 15 is 0 Å². The number of nitriles is 1. The zero-order valence-electron chi connectivity index (χ0n) is 11.7. The van der Waals surface area contributed by atoms with Crippen molar-refractivity contribution in [2.24, 2.45) is 0 Å². The van der Waals surface area contributed by atoms with Crippen molar-refractivity contribution in [2.45, 2.75) is 13.5 Å². The van der Waals surface area contributed by atoms with E-state index in [-0.39, 0.29) is 0 Å². The van der Waals surface area contributed by atoms with Gasteiger partial charge in [-0.3, -0.25) is 4.57 Å². The van der Waals surface area contributed by atoms with Crippen LogP contribution in [-0.2, 0) is 11.3 Å². The van der Waals surface area contributed by atoms with Gasteiger partial charge in [-0.15, -0.1) is 0 Å². The standard InChI is InChI=1S/C15H16ClN3O2/c1-2-20-8-7-19-12(10-17)9-14(18)15(19)21-13-5-3-11(16)4-6-13/h3-6,9H,2,7-8,18H2,1H3. The lowest BCUT2D eigenvalue weighted by Gasteiger charge is -2.12. The van der Waals surface area contributed by atoms with Gasteiger partial charge in [0, 0.05) is 17.7 Å². The molecule has 2 aromatic rings. The van der Waals surface area contributed by atoms with E-state index in [2.05, 4.69) is 6.07 Å². The second-order valence-electron chi connectivity index (χ2n) is 4.31. The molecule has 0 bridgehead atoms. The molecule has 0 amide bonds. The van der Waals surface area contributed by atoms with E-state index in [1.165, 1.54) is 0 Å². The molecular formula is C15H16ClN3O2. The molecule has 2 rings (SSSR count). The quantitative estimate of drug-likeness (QED) is 0.830. The largest absolute Gasteiger partial charge is 0.439 e. The Morgan fingerprint density at radius 1 is 1.33 bits per heavy atom. The lowest BCUT2D eigenvalue weighted by molar-refractivity contribution is 0.137. The van der Waals surface area contributed by atoms with E-state index in [1.807, 2.05) is 6.92 Å². The van der Waals surface area contributed by atoms with Gasteiger partial charge in [0.1, 0.15) is 17.5 Å². The summed E-state index contributed by atoms with van der Waals surface area (Å²) in [7, 11) is 0. The number of rotatable bonds is 6. The van der Waals surface area contributed by atoms with Gasteiger partial charge in [0.05, 0.1) is 18.8 Å². The Morgan fingerprint density at radius 3 is 2.67 bits per heavy atom. The number of nitrogens with zero attached hydrogens (tertiary/aromatic N) is 2. The molecule has 1 aromatic heterocycles. The minimum atomic E-state index is 0.415. The van der Waals surface area contributed by atoms with Crippen LogP contribution in [0.2, 0.25) is 5.02 Å². The first-order chi connectivity index (χ1) is 10.2. The fourth-order valence-electron chi connectivity index (χ4n) is 1.90. The fourth-order valence-corrected chi connectivity index (χ4v) is 2.02. The highest BCUT2D eigenvalue weighted by atomic mass is 35.5. The van der Waals surface area contributed by atoms with Crippen LogP contribution in [0, 0.1) is 11.3 Å². The topological polar surface area (TPSA) is 73.2 Å². The number of aromatic nitrogens is 1. The van der Waals surface area contributed by atoms with Gasteiger partial charge in [0.25, 0.3) is 0 Å². The van der Waals surface area contributed by atoms with Crippen molar-refractivity contribution < 1.29 is 9.47 Å². The zero-order valence-corrected chi connectivity index (χ0v) is 12.4. The molecule has 1 aromatic carbocycles. The second-order valence-corrected chi connectivity index (χ2v) is 4.74. The molecule has 0 spiro atoms. The highest BCUT2D eigenvalue weighted by Gasteiger charge is 2.15. The van der Waals surface area contributed by atoms with Crippen molar-refractivity contribution in [3.05, 3.63) is 41.0 Å². The van der Waals surface area contributed by atoms with Gasteiger partial charge in [0.2, 0.25) is 5.88 Å². The molecule has 0 atom stereocenters. The van der Waals surface area contributed by atoms with E-state index in [1.54, 1.807) is 34.9 Å². The van der Waals surface area contributed by atoms with Crippen LogP contribution in [0.5, 0.6) is 11.6 Å².